The van der Waals surface area contributed by atoms with Crippen LogP contribution in [0.1, 0.15) is 11.5 Å². The molecule has 140 valence electrons. The lowest BCUT2D eigenvalue weighted by Crippen LogP contribution is -2.47. The number of anilines is 2. The SMILES string of the molecule is Cc1nc(N2CCN(c3cc(C(F)(F)F)ncn3)CC2)c2ccncc2n1. The zero-order valence-electron chi connectivity index (χ0n) is 14.5. The van der Waals surface area contributed by atoms with E-state index in [1.54, 1.807) is 12.4 Å². The maximum absolute atomic E-state index is 12.9. The molecule has 0 aromatic carbocycles. The lowest BCUT2D eigenvalue weighted by atomic mass is 10.2. The minimum absolute atomic E-state index is 0.282. The fraction of sp³-hybridized carbons (Fsp3) is 0.353. The summed E-state index contributed by atoms with van der Waals surface area (Å²) in [5.41, 5.74) is -0.159. The summed E-state index contributed by atoms with van der Waals surface area (Å²) in [5, 5.41) is 0.908. The number of hydrogen-bond acceptors (Lipinski definition) is 7. The predicted molar refractivity (Wildman–Crippen MR) is 93.5 cm³/mol. The Morgan fingerprint density at radius 3 is 2.48 bits per heavy atom. The summed E-state index contributed by atoms with van der Waals surface area (Å²) in [5.74, 6) is 1.75. The minimum atomic E-state index is -4.48. The number of fused-ring (bicyclic) bond motifs is 1. The maximum atomic E-state index is 12.9. The summed E-state index contributed by atoms with van der Waals surface area (Å²) >= 11 is 0. The molecule has 1 saturated heterocycles. The molecule has 7 nitrogen and oxygen atoms in total. The van der Waals surface area contributed by atoms with Gasteiger partial charge < -0.3 is 9.80 Å². The third kappa shape index (κ3) is 3.46. The first kappa shape index (κ1) is 17.4. The first-order valence-electron chi connectivity index (χ1n) is 8.39. The van der Waals surface area contributed by atoms with Crippen molar-refractivity contribution in [1.82, 2.24) is 24.9 Å². The highest BCUT2D eigenvalue weighted by Gasteiger charge is 2.33. The van der Waals surface area contributed by atoms with Crippen LogP contribution in [0.3, 0.4) is 0 Å². The summed E-state index contributed by atoms with van der Waals surface area (Å²) in [7, 11) is 0. The molecule has 0 bridgehead atoms. The normalized spacial score (nSPS) is 15.4. The Kier molecular flexibility index (Phi) is 4.25. The van der Waals surface area contributed by atoms with E-state index in [1.807, 2.05) is 17.9 Å². The molecule has 0 N–H and O–H groups in total. The van der Waals surface area contributed by atoms with Crippen molar-refractivity contribution in [2.45, 2.75) is 13.1 Å². The average Bonchev–Trinajstić information content (AvgIpc) is 2.67. The van der Waals surface area contributed by atoms with Crippen LogP contribution in [0.2, 0.25) is 0 Å². The Labute approximate surface area is 152 Å². The van der Waals surface area contributed by atoms with E-state index in [-0.39, 0.29) is 5.82 Å². The van der Waals surface area contributed by atoms with E-state index in [0.717, 1.165) is 29.1 Å². The van der Waals surface area contributed by atoms with Crippen LogP contribution < -0.4 is 9.80 Å². The molecule has 0 atom stereocenters. The van der Waals surface area contributed by atoms with Crippen molar-refractivity contribution in [3.05, 3.63) is 42.4 Å². The van der Waals surface area contributed by atoms with Crippen molar-refractivity contribution in [2.24, 2.45) is 0 Å². The van der Waals surface area contributed by atoms with Crippen molar-refractivity contribution in [1.29, 1.82) is 0 Å². The number of piperazine rings is 1. The van der Waals surface area contributed by atoms with Crippen LogP contribution in [0.5, 0.6) is 0 Å². The topological polar surface area (TPSA) is 70.9 Å². The van der Waals surface area contributed by atoms with Gasteiger partial charge in [-0.2, -0.15) is 13.2 Å². The van der Waals surface area contributed by atoms with Crippen LogP contribution in [0.15, 0.2) is 30.9 Å². The highest BCUT2D eigenvalue weighted by Crippen LogP contribution is 2.30. The minimum Gasteiger partial charge on any atom is -0.353 e. The van der Waals surface area contributed by atoms with Gasteiger partial charge in [-0.25, -0.2) is 19.9 Å². The van der Waals surface area contributed by atoms with Gasteiger partial charge in [0.15, 0.2) is 0 Å². The summed E-state index contributed by atoms with van der Waals surface area (Å²) < 4.78 is 38.6. The molecule has 0 spiro atoms. The Hall–Kier alpha value is -3.04. The zero-order valence-corrected chi connectivity index (χ0v) is 14.5. The zero-order chi connectivity index (χ0) is 19.0. The van der Waals surface area contributed by atoms with E-state index in [1.165, 1.54) is 0 Å². The second-order valence-corrected chi connectivity index (χ2v) is 6.22. The maximum Gasteiger partial charge on any atom is 0.433 e. The van der Waals surface area contributed by atoms with Crippen LogP contribution >= 0.6 is 0 Å². The van der Waals surface area contributed by atoms with Crippen molar-refractivity contribution < 1.29 is 13.2 Å². The van der Waals surface area contributed by atoms with Gasteiger partial charge in [-0.15, -0.1) is 0 Å². The lowest BCUT2D eigenvalue weighted by molar-refractivity contribution is -0.141. The molecule has 1 aliphatic heterocycles. The Bertz CT molecular complexity index is 968. The second-order valence-electron chi connectivity index (χ2n) is 6.22. The van der Waals surface area contributed by atoms with Gasteiger partial charge in [-0.3, -0.25) is 4.98 Å². The van der Waals surface area contributed by atoms with Crippen molar-refractivity contribution in [2.75, 3.05) is 36.0 Å². The molecule has 27 heavy (non-hydrogen) atoms. The monoisotopic (exact) mass is 375 g/mol. The van der Waals surface area contributed by atoms with Crippen LogP contribution in [-0.2, 0) is 6.18 Å². The predicted octanol–water partition coefficient (Wildman–Crippen LogP) is 2.47. The number of alkyl halides is 3. The van der Waals surface area contributed by atoms with E-state index in [9.17, 15) is 13.2 Å². The van der Waals surface area contributed by atoms with Gasteiger partial charge in [0.05, 0.1) is 11.7 Å². The number of pyridine rings is 1. The third-order valence-electron chi connectivity index (χ3n) is 4.44. The number of halogens is 3. The summed E-state index contributed by atoms with van der Waals surface area (Å²) in [4.78, 5) is 24.3. The van der Waals surface area contributed by atoms with Crippen LogP contribution in [0.25, 0.3) is 10.9 Å². The molecule has 3 aromatic rings. The van der Waals surface area contributed by atoms with Gasteiger partial charge in [0.2, 0.25) is 0 Å². The van der Waals surface area contributed by atoms with Gasteiger partial charge in [0.25, 0.3) is 0 Å². The first-order valence-corrected chi connectivity index (χ1v) is 8.39. The Morgan fingerprint density at radius 1 is 1.00 bits per heavy atom. The highest BCUT2D eigenvalue weighted by molar-refractivity contribution is 5.88. The summed E-state index contributed by atoms with van der Waals surface area (Å²) in [6.07, 6.45) is -0.132. The largest absolute Gasteiger partial charge is 0.433 e. The van der Waals surface area contributed by atoms with Gasteiger partial charge in [-0.1, -0.05) is 0 Å². The number of rotatable bonds is 2. The molecule has 10 heteroatoms. The fourth-order valence-electron chi connectivity index (χ4n) is 3.14. The average molecular weight is 375 g/mol. The van der Waals surface area contributed by atoms with E-state index in [4.69, 9.17) is 0 Å². The molecule has 1 aliphatic rings. The quantitative estimate of drug-likeness (QED) is 0.681. The second kappa shape index (κ2) is 6.60. The number of aryl methyl sites for hydroxylation is 1. The Balaban J connectivity index is 1.55. The third-order valence-corrected chi connectivity index (χ3v) is 4.44. The molecule has 0 unspecified atom stereocenters. The number of nitrogens with zero attached hydrogens (tertiary/aromatic N) is 7. The molecule has 1 fully saturated rings. The van der Waals surface area contributed by atoms with Crippen LogP contribution in [0.4, 0.5) is 24.8 Å². The van der Waals surface area contributed by atoms with E-state index in [2.05, 4.69) is 29.8 Å². The Morgan fingerprint density at radius 2 is 1.74 bits per heavy atom. The van der Waals surface area contributed by atoms with E-state index >= 15 is 0 Å². The highest BCUT2D eigenvalue weighted by atomic mass is 19.4. The molecule has 4 rings (SSSR count). The standard InChI is InChI=1S/C17H16F3N7/c1-11-24-13-9-21-3-2-12(13)16(25-11)27-6-4-26(5-7-27)15-8-14(17(18,19)20)22-10-23-15/h2-3,8-10H,4-7H2,1H3. The van der Waals surface area contributed by atoms with E-state index < -0.39 is 11.9 Å². The fourth-order valence-corrected chi connectivity index (χ4v) is 3.14. The number of aromatic nitrogens is 5. The van der Waals surface area contributed by atoms with E-state index in [0.29, 0.717) is 32.0 Å². The molecule has 0 amide bonds. The molecule has 0 saturated carbocycles. The molecule has 4 heterocycles. The smallest absolute Gasteiger partial charge is 0.353 e. The van der Waals surface area contributed by atoms with Crippen molar-refractivity contribution in [3.63, 3.8) is 0 Å². The van der Waals surface area contributed by atoms with Crippen molar-refractivity contribution in [3.8, 4) is 0 Å². The van der Waals surface area contributed by atoms with Gasteiger partial charge >= 0.3 is 6.18 Å². The molecule has 0 radical (unpaired) electrons. The van der Waals surface area contributed by atoms with Crippen LogP contribution in [-0.4, -0.2) is 51.1 Å². The number of hydrogen-bond donors (Lipinski definition) is 0. The lowest BCUT2D eigenvalue weighted by Gasteiger charge is -2.36. The summed E-state index contributed by atoms with van der Waals surface area (Å²) in [6, 6.07) is 2.86. The first-order chi connectivity index (χ1) is 12.9. The molecule has 0 aliphatic carbocycles. The van der Waals surface area contributed by atoms with Gasteiger partial charge in [0, 0.05) is 43.8 Å². The van der Waals surface area contributed by atoms with Gasteiger partial charge in [0.1, 0.15) is 29.5 Å². The van der Waals surface area contributed by atoms with Crippen LogP contribution in [0, 0.1) is 6.92 Å². The van der Waals surface area contributed by atoms with Gasteiger partial charge in [-0.05, 0) is 13.0 Å². The molecular formula is C17H16F3N7. The van der Waals surface area contributed by atoms with Crippen molar-refractivity contribution >= 4 is 22.5 Å². The molecule has 3 aromatic heterocycles. The molecular weight excluding hydrogens is 359 g/mol. The summed E-state index contributed by atoms with van der Waals surface area (Å²) in [6.45, 7) is 4.11.